The number of urea groups is 1. The summed E-state index contributed by atoms with van der Waals surface area (Å²) in [6, 6.07) is 11.8. The molecule has 0 aromatic heterocycles. The Bertz CT molecular complexity index is 647. The summed E-state index contributed by atoms with van der Waals surface area (Å²) >= 11 is 11.8. The molecule has 0 heterocycles. The van der Waals surface area contributed by atoms with Gasteiger partial charge in [-0.15, -0.1) is 0 Å². The van der Waals surface area contributed by atoms with Gasteiger partial charge >= 0.3 is 6.03 Å². The van der Waals surface area contributed by atoms with Crippen LogP contribution in [0.4, 0.5) is 10.5 Å². The van der Waals surface area contributed by atoms with Crippen LogP contribution in [0.2, 0.25) is 10.0 Å². The molecule has 110 valence electrons. The summed E-state index contributed by atoms with van der Waals surface area (Å²) in [6.45, 7) is 0.315. The van der Waals surface area contributed by atoms with Crippen LogP contribution in [0.25, 0.3) is 0 Å². The largest absolute Gasteiger partial charge is 0.392 e. The molecule has 0 saturated carbocycles. The Labute approximate surface area is 132 Å². The van der Waals surface area contributed by atoms with E-state index < -0.39 is 0 Å². The molecule has 2 aromatic carbocycles. The summed E-state index contributed by atoms with van der Waals surface area (Å²) in [4.78, 5) is 11.8. The zero-order valence-corrected chi connectivity index (χ0v) is 12.6. The maximum atomic E-state index is 11.8. The Morgan fingerprint density at radius 2 is 1.86 bits per heavy atom. The predicted octanol–water partition coefficient (Wildman–Crippen LogP) is 3.81. The van der Waals surface area contributed by atoms with Gasteiger partial charge < -0.3 is 15.7 Å². The molecule has 3 N–H and O–H groups in total. The van der Waals surface area contributed by atoms with Crippen molar-refractivity contribution in [2.45, 2.75) is 13.2 Å². The second kappa shape index (κ2) is 7.31. The minimum Gasteiger partial charge on any atom is -0.392 e. The highest BCUT2D eigenvalue weighted by atomic mass is 35.5. The summed E-state index contributed by atoms with van der Waals surface area (Å²) in [7, 11) is 0. The summed E-state index contributed by atoms with van der Waals surface area (Å²) in [5.41, 5.74) is 2.15. The molecule has 2 amide bonds. The van der Waals surface area contributed by atoms with Crippen molar-refractivity contribution < 1.29 is 9.90 Å². The van der Waals surface area contributed by atoms with E-state index in [-0.39, 0.29) is 12.6 Å². The van der Waals surface area contributed by atoms with Crippen molar-refractivity contribution in [1.82, 2.24) is 5.32 Å². The molecule has 0 fully saturated rings. The third kappa shape index (κ3) is 4.63. The van der Waals surface area contributed by atoms with Gasteiger partial charge in [0.05, 0.1) is 17.3 Å². The maximum absolute atomic E-state index is 11.8. The van der Waals surface area contributed by atoms with E-state index in [0.717, 1.165) is 11.1 Å². The number of rotatable bonds is 4. The molecule has 0 spiro atoms. The molecule has 4 nitrogen and oxygen atoms in total. The Morgan fingerprint density at radius 1 is 1.10 bits per heavy atom. The van der Waals surface area contributed by atoms with Gasteiger partial charge in [0.1, 0.15) is 0 Å². The van der Waals surface area contributed by atoms with E-state index in [9.17, 15) is 4.79 Å². The molecule has 0 aliphatic heterocycles. The second-order valence-corrected chi connectivity index (χ2v) is 5.25. The first-order valence-corrected chi connectivity index (χ1v) is 7.02. The highest BCUT2D eigenvalue weighted by Crippen LogP contribution is 2.25. The number of halogens is 2. The summed E-state index contributed by atoms with van der Waals surface area (Å²) in [5.74, 6) is 0. The molecule has 0 bridgehead atoms. The Balaban J connectivity index is 1.94. The highest BCUT2D eigenvalue weighted by molar-refractivity contribution is 6.35. The van der Waals surface area contributed by atoms with Crippen molar-refractivity contribution in [3.8, 4) is 0 Å². The minimum absolute atomic E-state index is 0.0296. The molecule has 0 aliphatic carbocycles. The lowest BCUT2D eigenvalue weighted by molar-refractivity contribution is 0.251. The molecule has 0 aliphatic rings. The number of hydrogen-bond donors (Lipinski definition) is 3. The lowest BCUT2D eigenvalue weighted by Crippen LogP contribution is -2.28. The summed E-state index contributed by atoms with van der Waals surface area (Å²) in [6.07, 6.45) is 0. The van der Waals surface area contributed by atoms with Gasteiger partial charge in [0.2, 0.25) is 0 Å². The van der Waals surface area contributed by atoms with Crippen molar-refractivity contribution >= 4 is 34.9 Å². The highest BCUT2D eigenvalue weighted by Gasteiger charge is 2.06. The fourth-order valence-electron chi connectivity index (χ4n) is 1.78. The number of benzene rings is 2. The number of hydrogen-bond acceptors (Lipinski definition) is 2. The molecule has 0 atom stereocenters. The van der Waals surface area contributed by atoms with Gasteiger partial charge in [0, 0.05) is 11.6 Å². The Hall–Kier alpha value is -1.75. The van der Waals surface area contributed by atoms with E-state index in [2.05, 4.69) is 10.6 Å². The van der Waals surface area contributed by atoms with E-state index in [0.29, 0.717) is 22.3 Å². The summed E-state index contributed by atoms with van der Waals surface area (Å²) < 4.78 is 0. The van der Waals surface area contributed by atoms with Gasteiger partial charge in [-0.05, 0) is 29.3 Å². The number of aliphatic hydroxyl groups excluding tert-OH is 1. The number of carbonyl (C=O) groups is 1. The average molecular weight is 325 g/mol. The minimum atomic E-state index is -0.381. The lowest BCUT2D eigenvalue weighted by atomic mass is 10.1. The van der Waals surface area contributed by atoms with Crippen molar-refractivity contribution in [1.29, 1.82) is 0 Å². The third-order valence-corrected chi connectivity index (χ3v) is 3.37. The lowest BCUT2D eigenvalue weighted by Gasteiger charge is -2.10. The van der Waals surface area contributed by atoms with Crippen molar-refractivity contribution in [3.05, 3.63) is 63.6 Å². The average Bonchev–Trinajstić information content (AvgIpc) is 2.49. The van der Waals surface area contributed by atoms with Gasteiger partial charge in [-0.1, -0.05) is 47.5 Å². The first-order valence-electron chi connectivity index (χ1n) is 6.27. The Kier molecular flexibility index (Phi) is 5.44. The molecular weight excluding hydrogens is 311 g/mol. The molecule has 2 rings (SSSR count). The third-order valence-electron chi connectivity index (χ3n) is 2.80. The number of amides is 2. The van der Waals surface area contributed by atoms with Gasteiger partial charge in [-0.3, -0.25) is 0 Å². The van der Waals surface area contributed by atoms with Gasteiger partial charge in [0.25, 0.3) is 0 Å². The fraction of sp³-hybridized carbons (Fsp3) is 0.133. The first-order chi connectivity index (χ1) is 10.1. The number of anilines is 1. The van der Waals surface area contributed by atoms with Crippen molar-refractivity contribution in [3.63, 3.8) is 0 Å². The van der Waals surface area contributed by atoms with E-state index >= 15 is 0 Å². The van der Waals surface area contributed by atoms with Crippen LogP contribution in [0.15, 0.2) is 42.5 Å². The van der Waals surface area contributed by atoms with Crippen molar-refractivity contribution in [2.75, 3.05) is 5.32 Å². The maximum Gasteiger partial charge on any atom is 0.319 e. The number of carbonyl (C=O) groups excluding carboxylic acids is 1. The molecule has 0 radical (unpaired) electrons. The quantitative estimate of drug-likeness (QED) is 0.800. The van der Waals surface area contributed by atoms with Crippen LogP contribution in [0.3, 0.4) is 0 Å². The van der Waals surface area contributed by atoms with Crippen LogP contribution in [0, 0.1) is 0 Å². The molecule has 0 saturated heterocycles. The van der Waals surface area contributed by atoms with Crippen LogP contribution in [-0.4, -0.2) is 11.1 Å². The first kappa shape index (κ1) is 15.6. The fourth-order valence-corrected chi connectivity index (χ4v) is 2.12. The molecular formula is C15H14Cl2N2O2. The van der Waals surface area contributed by atoms with Crippen LogP contribution in [0.1, 0.15) is 11.1 Å². The van der Waals surface area contributed by atoms with Gasteiger partial charge in [-0.25, -0.2) is 4.79 Å². The number of aliphatic hydroxyl groups is 1. The van der Waals surface area contributed by atoms with E-state index in [1.165, 1.54) is 0 Å². The van der Waals surface area contributed by atoms with Crippen LogP contribution >= 0.6 is 23.2 Å². The van der Waals surface area contributed by atoms with Gasteiger partial charge in [0.15, 0.2) is 0 Å². The summed E-state index contributed by atoms with van der Waals surface area (Å²) in [5, 5.41) is 15.3. The zero-order chi connectivity index (χ0) is 15.2. The standard InChI is InChI=1S/C15H14Cl2N2O2/c16-12-4-5-13(17)14(7-12)19-15(21)18-8-10-2-1-3-11(6-10)9-20/h1-7,20H,8-9H2,(H2,18,19,21). The van der Waals surface area contributed by atoms with Gasteiger partial charge in [-0.2, -0.15) is 0 Å². The molecule has 21 heavy (non-hydrogen) atoms. The van der Waals surface area contributed by atoms with E-state index in [4.69, 9.17) is 28.3 Å². The topological polar surface area (TPSA) is 61.4 Å². The molecule has 6 heteroatoms. The molecule has 2 aromatic rings. The normalized spacial score (nSPS) is 10.2. The van der Waals surface area contributed by atoms with Crippen LogP contribution < -0.4 is 10.6 Å². The molecule has 0 unspecified atom stereocenters. The Morgan fingerprint density at radius 3 is 2.62 bits per heavy atom. The zero-order valence-electron chi connectivity index (χ0n) is 11.1. The van der Waals surface area contributed by atoms with E-state index in [1.807, 2.05) is 24.3 Å². The van der Waals surface area contributed by atoms with Crippen LogP contribution in [-0.2, 0) is 13.2 Å². The second-order valence-electron chi connectivity index (χ2n) is 4.41. The monoisotopic (exact) mass is 324 g/mol. The SMILES string of the molecule is O=C(NCc1cccc(CO)c1)Nc1cc(Cl)ccc1Cl. The predicted molar refractivity (Wildman–Crippen MR) is 84.7 cm³/mol. The van der Waals surface area contributed by atoms with Crippen LogP contribution in [0.5, 0.6) is 0 Å². The van der Waals surface area contributed by atoms with E-state index in [1.54, 1.807) is 18.2 Å². The number of nitrogens with one attached hydrogen (secondary N) is 2. The smallest absolute Gasteiger partial charge is 0.319 e. The van der Waals surface area contributed by atoms with Crippen molar-refractivity contribution in [2.24, 2.45) is 0 Å².